The Kier molecular flexibility index (Phi) is 4.66. The van der Waals surface area contributed by atoms with Gasteiger partial charge < -0.3 is 5.73 Å². The van der Waals surface area contributed by atoms with E-state index >= 15 is 0 Å². The van der Waals surface area contributed by atoms with Crippen LogP contribution in [0.25, 0.3) is 0 Å². The summed E-state index contributed by atoms with van der Waals surface area (Å²) in [4.78, 5) is 1.33. The first kappa shape index (κ1) is 15.3. The van der Waals surface area contributed by atoms with Crippen LogP contribution in [-0.4, -0.2) is 43.4 Å². The Hall–Kier alpha value is -0.760. The van der Waals surface area contributed by atoms with Crippen LogP contribution in [-0.2, 0) is 0 Å². The van der Waals surface area contributed by atoms with E-state index in [-0.39, 0.29) is 26.1 Å². The molecule has 1 aliphatic rings. The molecule has 0 aromatic rings. The molecule has 2 nitrogen and oxygen atoms in total. The van der Waals surface area contributed by atoms with Crippen molar-refractivity contribution in [3.8, 4) is 0 Å². The molecule has 2 N–H and O–H groups in total. The average molecular weight is 276 g/mol. The zero-order valence-electron chi connectivity index (χ0n) is 9.48. The molecule has 0 saturated heterocycles. The van der Waals surface area contributed by atoms with Gasteiger partial charge in [0.1, 0.15) is 0 Å². The minimum atomic E-state index is -4.41. The van der Waals surface area contributed by atoms with E-state index in [0.29, 0.717) is 0 Å². The Balaban J connectivity index is 2.56. The molecule has 1 rings (SSSR count). The summed E-state index contributed by atoms with van der Waals surface area (Å²) in [7, 11) is 0. The Morgan fingerprint density at radius 3 is 2.17 bits per heavy atom. The second-order valence-electron chi connectivity index (χ2n) is 4.21. The van der Waals surface area contributed by atoms with Crippen molar-refractivity contribution in [2.45, 2.75) is 18.8 Å². The monoisotopic (exact) mass is 276 g/mol. The maximum atomic E-state index is 12.4. The first-order valence-electron chi connectivity index (χ1n) is 5.40. The largest absolute Gasteiger partial charge is 0.412 e. The number of halogens is 6. The Bertz CT molecular complexity index is 306. The lowest BCUT2D eigenvalue weighted by Gasteiger charge is -2.30. The van der Waals surface area contributed by atoms with Crippen LogP contribution in [0.5, 0.6) is 0 Å². The highest BCUT2D eigenvalue weighted by atomic mass is 19.4. The molecule has 0 aromatic heterocycles. The molecule has 0 fully saturated rings. The Morgan fingerprint density at radius 2 is 1.83 bits per heavy atom. The highest BCUT2D eigenvalue weighted by molar-refractivity contribution is 5.13. The molecule has 0 spiro atoms. The highest BCUT2D eigenvalue weighted by Crippen LogP contribution is 2.31. The summed E-state index contributed by atoms with van der Waals surface area (Å²) in [6.07, 6.45) is -8.14. The molecule has 0 amide bonds. The number of nitrogens with zero attached hydrogens (tertiary/aromatic N) is 1. The standard InChI is InChI=1S/C10H14F6N2/c11-9(12,13)7-1-3-18(4-2-7)6-8(5-17)10(14,15)16/h1,8H,2-6,17H2. The molecule has 0 radical (unpaired) electrons. The molecular weight excluding hydrogens is 262 g/mol. The van der Waals surface area contributed by atoms with Gasteiger partial charge in [-0.15, -0.1) is 0 Å². The summed E-state index contributed by atoms with van der Waals surface area (Å²) in [5.41, 5.74) is 4.36. The number of alkyl halides is 6. The second-order valence-corrected chi connectivity index (χ2v) is 4.21. The smallest absolute Gasteiger partial charge is 0.330 e. The molecule has 106 valence electrons. The molecule has 18 heavy (non-hydrogen) atoms. The molecule has 0 aromatic carbocycles. The highest BCUT2D eigenvalue weighted by Gasteiger charge is 2.40. The van der Waals surface area contributed by atoms with Crippen molar-refractivity contribution in [1.82, 2.24) is 4.90 Å². The zero-order chi connectivity index (χ0) is 14.0. The lowest BCUT2D eigenvalue weighted by atomic mass is 10.0. The van der Waals surface area contributed by atoms with Gasteiger partial charge in [0.25, 0.3) is 0 Å². The summed E-state index contributed by atoms with van der Waals surface area (Å²) in [6.45, 7) is -1.07. The lowest BCUT2D eigenvalue weighted by Crippen LogP contribution is -2.43. The number of nitrogens with two attached hydrogens (primary N) is 1. The van der Waals surface area contributed by atoms with Crippen molar-refractivity contribution < 1.29 is 26.3 Å². The van der Waals surface area contributed by atoms with Crippen molar-refractivity contribution >= 4 is 0 Å². The third-order valence-corrected chi connectivity index (χ3v) is 2.88. The van der Waals surface area contributed by atoms with Gasteiger partial charge >= 0.3 is 12.4 Å². The number of hydrogen-bond donors (Lipinski definition) is 1. The van der Waals surface area contributed by atoms with Crippen LogP contribution in [0.2, 0.25) is 0 Å². The average Bonchev–Trinajstić information content (AvgIpc) is 2.23. The van der Waals surface area contributed by atoms with E-state index in [1.807, 2.05) is 0 Å². The van der Waals surface area contributed by atoms with Gasteiger partial charge in [-0.2, -0.15) is 26.3 Å². The van der Waals surface area contributed by atoms with E-state index in [2.05, 4.69) is 0 Å². The van der Waals surface area contributed by atoms with E-state index in [1.54, 1.807) is 0 Å². The molecular formula is C10H14F6N2. The van der Waals surface area contributed by atoms with Gasteiger partial charge in [0, 0.05) is 31.8 Å². The van der Waals surface area contributed by atoms with Gasteiger partial charge in [-0.05, 0) is 6.42 Å². The van der Waals surface area contributed by atoms with Gasteiger partial charge in [0.05, 0.1) is 5.92 Å². The summed E-state index contributed by atoms with van der Waals surface area (Å²) < 4.78 is 74.2. The van der Waals surface area contributed by atoms with Crippen LogP contribution < -0.4 is 5.73 Å². The first-order chi connectivity index (χ1) is 8.14. The fraction of sp³-hybridized carbons (Fsp3) is 0.800. The Labute approximate surface area is 100 Å². The fourth-order valence-corrected chi connectivity index (χ4v) is 1.76. The van der Waals surface area contributed by atoms with Crippen molar-refractivity contribution in [3.05, 3.63) is 11.6 Å². The number of rotatable bonds is 3. The quantitative estimate of drug-likeness (QED) is 0.633. The van der Waals surface area contributed by atoms with Crippen molar-refractivity contribution in [2.24, 2.45) is 11.7 Å². The van der Waals surface area contributed by atoms with Crippen LogP contribution in [0.1, 0.15) is 6.42 Å². The lowest BCUT2D eigenvalue weighted by molar-refractivity contribution is -0.176. The normalized spacial score (nSPS) is 20.7. The van der Waals surface area contributed by atoms with E-state index in [4.69, 9.17) is 5.73 Å². The van der Waals surface area contributed by atoms with Crippen LogP contribution in [0, 0.1) is 5.92 Å². The van der Waals surface area contributed by atoms with Gasteiger partial charge in [-0.25, -0.2) is 0 Å². The van der Waals surface area contributed by atoms with Gasteiger partial charge in [0.15, 0.2) is 0 Å². The summed E-state index contributed by atoms with van der Waals surface area (Å²) in [5, 5.41) is 0. The maximum absolute atomic E-state index is 12.4. The van der Waals surface area contributed by atoms with Gasteiger partial charge in [0.2, 0.25) is 0 Å². The van der Waals surface area contributed by atoms with Crippen molar-refractivity contribution in [3.63, 3.8) is 0 Å². The van der Waals surface area contributed by atoms with Crippen LogP contribution >= 0.6 is 0 Å². The maximum Gasteiger partial charge on any atom is 0.412 e. The molecule has 1 heterocycles. The minimum absolute atomic E-state index is 0.0298. The molecule has 8 heteroatoms. The van der Waals surface area contributed by atoms with E-state index in [1.165, 1.54) is 4.90 Å². The van der Waals surface area contributed by atoms with Crippen LogP contribution in [0.4, 0.5) is 26.3 Å². The molecule has 0 saturated carbocycles. The SMILES string of the molecule is NCC(CN1CC=C(C(F)(F)F)CC1)C(F)(F)F. The van der Waals surface area contributed by atoms with E-state index in [0.717, 1.165) is 6.08 Å². The molecule has 1 aliphatic heterocycles. The fourth-order valence-electron chi connectivity index (χ4n) is 1.76. The summed E-state index contributed by atoms with van der Waals surface area (Å²) in [6, 6.07) is 0. The first-order valence-corrected chi connectivity index (χ1v) is 5.40. The summed E-state index contributed by atoms with van der Waals surface area (Å²) in [5.74, 6) is -1.70. The molecule has 1 atom stereocenters. The third kappa shape index (κ3) is 4.16. The van der Waals surface area contributed by atoms with Crippen molar-refractivity contribution in [2.75, 3.05) is 26.2 Å². The van der Waals surface area contributed by atoms with E-state index in [9.17, 15) is 26.3 Å². The second kappa shape index (κ2) is 5.48. The van der Waals surface area contributed by atoms with Crippen molar-refractivity contribution in [1.29, 1.82) is 0 Å². The predicted molar refractivity (Wildman–Crippen MR) is 53.8 cm³/mol. The van der Waals surface area contributed by atoms with Gasteiger partial charge in [-0.1, -0.05) is 6.08 Å². The molecule has 0 bridgehead atoms. The van der Waals surface area contributed by atoms with Crippen LogP contribution in [0.15, 0.2) is 11.6 Å². The molecule has 1 unspecified atom stereocenters. The topological polar surface area (TPSA) is 29.3 Å². The zero-order valence-corrected chi connectivity index (χ0v) is 9.48. The predicted octanol–water partition coefficient (Wildman–Crippen LogP) is 2.32. The third-order valence-electron chi connectivity index (χ3n) is 2.88. The number of hydrogen-bond acceptors (Lipinski definition) is 2. The molecule has 0 aliphatic carbocycles. The van der Waals surface area contributed by atoms with E-state index < -0.39 is 30.4 Å². The van der Waals surface area contributed by atoms with Crippen LogP contribution in [0.3, 0.4) is 0 Å². The summed E-state index contributed by atoms with van der Waals surface area (Å²) >= 11 is 0. The minimum Gasteiger partial charge on any atom is -0.330 e. The Morgan fingerprint density at radius 1 is 1.22 bits per heavy atom. The van der Waals surface area contributed by atoms with Gasteiger partial charge in [-0.3, -0.25) is 4.90 Å².